The highest BCUT2D eigenvalue weighted by atomic mass is 16.5. The van der Waals surface area contributed by atoms with Gasteiger partial charge in [-0.15, -0.1) is 0 Å². The zero-order valence-corrected chi connectivity index (χ0v) is 13.3. The minimum atomic E-state index is -0.367. The molecular weight excluding hydrogens is 282 g/mol. The van der Waals surface area contributed by atoms with Gasteiger partial charge in [0.1, 0.15) is 5.75 Å². The highest BCUT2D eigenvalue weighted by Crippen LogP contribution is 2.10. The first-order chi connectivity index (χ1) is 10.5. The molecule has 1 aromatic carbocycles. The molecule has 0 aliphatic heterocycles. The van der Waals surface area contributed by atoms with Crippen molar-refractivity contribution in [1.29, 1.82) is 0 Å². The molecule has 22 heavy (non-hydrogen) atoms. The molecule has 2 amide bonds. The number of rotatable bonds is 8. The Morgan fingerprint density at radius 1 is 1.18 bits per heavy atom. The third-order valence-electron chi connectivity index (χ3n) is 2.75. The van der Waals surface area contributed by atoms with Crippen LogP contribution in [0.25, 0.3) is 0 Å². The number of ether oxygens (including phenoxy) is 1. The van der Waals surface area contributed by atoms with Crippen molar-refractivity contribution < 1.29 is 14.3 Å². The van der Waals surface area contributed by atoms with Gasteiger partial charge in [0.15, 0.2) is 6.61 Å². The average Bonchev–Trinajstić information content (AvgIpc) is 2.50. The molecule has 6 nitrogen and oxygen atoms in total. The summed E-state index contributed by atoms with van der Waals surface area (Å²) < 4.78 is 5.33. The first-order valence-corrected chi connectivity index (χ1v) is 7.29. The molecule has 1 aromatic rings. The molecule has 1 rings (SSSR count). The van der Waals surface area contributed by atoms with Gasteiger partial charge in [-0.2, -0.15) is 5.10 Å². The summed E-state index contributed by atoms with van der Waals surface area (Å²) in [7, 11) is 0. The lowest BCUT2D eigenvalue weighted by Gasteiger charge is -2.06. The fraction of sp³-hybridized carbons (Fsp3) is 0.438. The van der Waals surface area contributed by atoms with Gasteiger partial charge in [0.25, 0.3) is 5.91 Å². The van der Waals surface area contributed by atoms with Gasteiger partial charge in [-0.05, 0) is 32.4 Å². The molecule has 0 radical (unpaired) electrons. The summed E-state index contributed by atoms with van der Waals surface area (Å²) in [6.07, 6.45) is 1.05. The molecule has 0 aromatic heterocycles. The third kappa shape index (κ3) is 7.42. The highest BCUT2D eigenvalue weighted by molar-refractivity contribution is 6.00. The lowest BCUT2D eigenvalue weighted by atomic mass is 10.2. The second kappa shape index (κ2) is 9.55. The fourth-order valence-corrected chi connectivity index (χ4v) is 1.57. The number of aryl methyl sites for hydroxylation is 1. The van der Waals surface area contributed by atoms with Crippen molar-refractivity contribution >= 4 is 17.5 Å². The number of amides is 2. The predicted octanol–water partition coefficient (Wildman–Crippen LogP) is 1.78. The van der Waals surface area contributed by atoms with E-state index in [0.717, 1.165) is 12.0 Å². The van der Waals surface area contributed by atoms with Crippen LogP contribution in [0.15, 0.2) is 29.4 Å². The SMILES string of the molecule is CCCNC(=O)C/C(C)=N\NC(=O)COc1ccc(C)cc1. The van der Waals surface area contributed by atoms with E-state index in [0.29, 0.717) is 18.0 Å². The van der Waals surface area contributed by atoms with Gasteiger partial charge in [0, 0.05) is 12.3 Å². The monoisotopic (exact) mass is 305 g/mol. The Morgan fingerprint density at radius 3 is 2.50 bits per heavy atom. The molecule has 0 fully saturated rings. The summed E-state index contributed by atoms with van der Waals surface area (Å²) in [5.41, 5.74) is 4.03. The zero-order valence-electron chi connectivity index (χ0n) is 13.3. The van der Waals surface area contributed by atoms with Crippen LogP contribution in [0, 0.1) is 6.92 Å². The number of nitrogens with zero attached hydrogens (tertiary/aromatic N) is 1. The molecule has 0 spiro atoms. The van der Waals surface area contributed by atoms with E-state index in [4.69, 9.17) is 4.74 Å². The van der Waals surface area contributed by atoms with Crippen LogP contribution < -0.4 is 15.5 Å². The van der Waals surface area contributed by atoms with E-state index in [-0.39, 0.29) is 24.8 Å². The molecule has 0 saturated carbocycles. The van der Waals surface area contributed by atoms with Crippen LogP contribution in [-0.4, -0.2) is 30.7 Å². The van der Waals surface area contributed by atoms with E-state index in [1.54, 1.807) is 19.1 Å². The van der Waals surface area contributed by atoms with Gasteiger partial charge < -0.3 is 10.1 Å². The van der Waals surface area contributed by atoms with E-state index in [2.05, 4.69) is 15.8 Å². The fourth-order valence-electron chi connectivity index (χ4n) is 1.57. The largest absolute Gasteiger partial charge is 0.484 e. The Hall–Kier alpha value is -2.37. The molecule has 2 N–H and O–H groups in total. The van der Waals surface area contributed by atoms with Crippen LogP contribution >= 0.6 is 0 Å². The number of hydrogen-bond acceptors (Lipinski definition) is 4. The Kier molecular flexibility index (Phi) is 7.67. The van der Waals surface area contributed by atoms with Gasteiger partial charge >= 0.3 is 0 Å². The van der Waals surface area contributed by atoms with Crippen molar-refractivity contribution in [3.63, 3.8) is 0 Å². The van der Waals surface area contributed by atoms with Crippen molar-refractivity contribution in [2.45, 2.75) is 33.6 Å². The van der Waals surface area contributed by atoms with Gasteiger partial charge in [0.2, 0.25) is 5.91 Å². The van der Waals surface area contributed by atoms with Gasteiger partial charge in [0.05, 0.1) is 6.42 Å². The molecule has 0 atom stereocenters. The van der Waals surface area contributed by atoms with E-state index in [1.165, 1.54) is 0 Å². The first kappa shape index (κ1) is 17.7. The minimum absolute atomic E-state index is 0.103. The van der Waals surface area contributed by atoms with Crippen LogP contribution in [-0.2, 0) is 9.59 Å². The highest BCUT2D eigenvalue weighted by Gasteiger charge is 2.05. The van der Waals surface area contributed by atoms with Gasteiger partial charge in [-0.25, -0.2) is 5.43 Å². The second-order valence-corrected chi connectivity index (χ2v) is 5.01. The summed E-state index contributed by atoms with van der Waals surface area (Å²) in [4.78, 5) is 23.1. The van der Waals surface area contributed by atoms with Crippen LogP contribution in [0.3, 0.4) is 0 Å². The van der Waals surface area contributed by atoms with Gasteiger partial charge in [-0.1, -0.05) is 24.6 Å². The Bertz CT molecular complexity index is 524. The van der Waals surface area contributed by atoms with E-state index in [9.17, 15) is 9.59 Å². The summed E-state index contributed by atoms with van der Waals surface area (Å²) in [6.45, 7) is 6.16. The van der Waals surface area contributed by atoms with Crippen LogP contribution in [0.4, 0.5) is 0 Å². The summed E-state index contributed by atoms with van der Waals surface area (Å²) in [5.74, 6) is 0.155. The number of carbonyl (C=O) groups excluding carboxylic acids is 2. The molecule has 0 aliphatic carbocycles. The summed E-state index contributed by atoms with van der Waals surface area (Å²) in [5, 5.41) is 6.62. The van der Waals surface area contributed by atoms with Crippen molar-refractivity contribution in [2.75, 3.05) is 13.2 Å². The zero-order chi connectivity index (χ0) is 16.4. The van der Waals surface area contributed by atoms with Crippen molar-refractivity contribution in [1.82, 2.24) is 10.7 Å². The molecule has 0 bridgehead atoms. The van der Waals surface area contributed by atoms with Crippen molar-refractivity contribution in [3.05, 3.63) is 29.8 Å². The number of hydrazone groups is 1. The molecule has 0 saturated heterocycles. The number of carbonyl (C=O) groups is 2. The third-order valence-corrected chi connectivity index (χ3v) is 2.75. The number of hydrogen-bond donors (Lipinski definition) is 2. The predicted molar refractivity (Wildman–Crippen MR) is 85.8 cm³/mol. The summed E-state index contributed by atoms with van der Waals surface area (Å²) >= 11 is 0. The molecule has 0 unspecified atom stereocenters. The molecular formula is C16H23N3O3. The standard InChI is InChI=1S/C16H23N3O3/c1-4-9-17-15(20)10-13(3)18-19-16(21)11-22-14-7-5-12(2)6-8-14/h5-8H,4,9-11H2,1-3H3,(H,17,20)(H,19,21)/b18-13-. The maximum absolute atomic E-state index is 11.6. The topological polar surface area (TPSA) is 79.8 Å². The van der Waals surface area contributed by atoms with E-state index in [1.807, 2.05) is 26.0 Å². The van der Waals surface area contributed by atoms with Crippen molar-refractivity contribution in [3.8, 4) is 5.75 Å². The van der Waals surface area contributed by atoms with Crippen LogP contribution in [0.1, 0.15) is 32.3 Å². The lowest BCUT2D eigenvalue weighted by Crippen LogP contribution is -2.28. The molecule has 120 valence electrons. The maximum atomic E-state index is 11.6. The molecule has 0 heterocycles. The van der Waals surface area contributed by atoms with E-state index < -0.39 is 0 Å². The Morgan fingerprint density at radius 2 is 1.86 bits per heavy atom. The van der Waals surface area contributed by atoms with Crippen LogP contribution in [0.2, 0.25) is 0 Å². The number of nitrogens with one attached hydrogen (secondary N) is 2. The molecule has 6 heteroatoms. The van der Waals surface area contributed by atoms with Crippen LogP contribution in [0.5, 0.6) is 5.75 Å². The van der Waals surface area contributed by atoms with E-state index >= 15 is 0 Å². The molecule has 0 aliphatic rings. The minimum Gasteiger partial charge on any atom is -0.484 e. The number of benzene rings is 1. The Labute approximate surface area is 130 Å². The first-order valence-electron chi connectivity index (χ1n) is 7.29. The maximum Gasteiger partial charge on any atom is 0.277 e. The van der Waals surface area contributed by atoms with Crippen molar-refractivity contribution in [2.24, 2.45) is 5.10 Å². The smallest absolute Gasteiger partial charge is 0.277 e. The second-order valence-electron chi connectivity index (χ2n) is 5.01. The normalized spacial score (nSPS) is 11.0. The lowest BCUT2D eigenvalue weighted by molar-refractivity contribution is -0.123. The quantitative estimate of drug-likeness (QED) is 0.567. The average molecular weight is 305 g/mol. The summed E-state index contributed by atoms with van der Waals surface area (Å²) in [6, 6.07) is 7.42. The Balaban J connectivity index is 2.30. The van der Waals surface area contributed by atoms with Gasteiger partial charge in [-0.3, -0.25) is 9.59 Å².